The molecule has 3 rings (SSSR count). The highest BCUT2D eigenvalue weighted by atomic mass is 32.1. The first-order valence-corrected chi connectivity index (χ1v) is 9.01. The molecule has 0 fully saturated rings. The third kappa shape index (κ3) is 3.52. The highest BCUT2D eigenvalue weighted by Gasteiger charge is 2.22. The molecule has 6 nitrogen and oxygen atoms in total. The Bertz CT molecular complexity index is 945. The number of ether oxygens (including phenoxy) is 1. The molecule has 1 aromatic carbocycles. The lowest BCUT2D eigenvalue weighted by Crippen LogP contribution is -2.15. The monoisotopic (exact) mass is 369 g/mol. The average molecular weight is 369 g/mol. The van der Waals surface area contributed by atoms with E-state index in [1.54, 1.807) is 36.0 Å². The van der Waals surface area contributed by atoms with Gasteiger partial charge in [0.25, 0.3) is 5.91 Å². The first-order valence-electron chi connectivity index (χ1n) is 8.19. The van der Waals surface area contributed by atoms with Gasteiger partial charge in [0, 0.05) is 22.8 Å². The summed E-state index contributed by atoms with van der Waals surface area (Å²) < 4.78 is 6.80. The molecule has 0 bridgehead atoms. The minimum atomic E-state index is -0.421. The van der Waals surface area contributed by atoms with E-state index in [0.29, 0.717) is 16.1 Å². The molecule has 3 aromatic rings. The van der Waals surface area contributed by atoms with Crippen molar-refractivity contribution in [3.63, 3.8) is 0 Å². The van der Waals surface area contributed by atoms with Crippen molar-refractivity contribution in [2.45, 2.75) is 20.8 Å². The number of carbonyl (C=O) groups excluding carboxylic acids is 2. The SMILES string of the molecule is CCOC(=O)c1c(NC(=O)c2cccc(-n3cccn3)c2)sc(C)c1C. The molecule has 0 saturated carbocycles. The Morgan fingerprint density at radius 3 is 2.77 bits per heavy atom. The Balaban J connectivity index is 1.88. The number of aromatic nitrogens is 2. The van der Waals surface area contributed by atoms with Gasteiger partial charge >= 0.3 is 5.97 Å². The van der Waals surface area contributed by atoms with Crippen LogP contribution in [-0.4, -0.2) is 28.3 Å². The zero-order valence-corrected chi connectivity index (χ0v) is 15.6. The number of aryl methyl sites for hydroxylation is 1. The second-order valence-electron chi connectivity index (χ2n) is 5.66. The Kier molecular flexibility index (Phi) is 5.18. The number of rotatable bonds is 5. The molecule has 0 aliphatic carbocycles. The van der Waals surface area contributed by atoms with Crippen LogP contribution in [0.15, 0.2) is 42.7 Å². The number of nitrogens with zero attached hydrogens (tertiary/aromatic N) is 2. The third-order valence-electron chi connectivity index (χ3n) is 3.97. The molecule has 0 aliphatic rings. The number of hydrogen-bond donors (Lipinski definition) is 1. The summed E-state index contributed by atoms with van der Waals surface area (Å²) in [5.41, 5.74) is 2.52. The van der Waals surface area contributed by atoms with E-state index >= 15 is 0 Å². The lowest BCUT2D eigenvalue weighted by molar-refractivity contribution is 0.0527. The summed E-state index contributed by atoms with van der Waals surface area (Å²) in [6.45, 7) is 5.81. The highest BCUT2D eigenvalue weighted by Crippen LogP contribution is 2.33. The fourth-order valence-corrected chi connectivity index (χ4v) is 3.59. The average Bonchev–Trinajstić information content (AvgIpc) is 3.24. The Morgan fingerprint density at radius 1 is 1.27 bits per heavy atom. The minimum Gasteiger partial charge on any atom is -0.462 e. The van der Waals surface area contributed by atoms with Crippen LogP contribution in [0.5, 0.6) is 0 Å². The molecule has 0 spiro atoms. The number of anilines is 1. The molecule has 7 heteroatoms. The second-order valence-corrected chi connectivity index (χ2v) is 6.89. The fourth-order valence-electron chi connectivity index (χ4n) is 2.55. The molecule has 2 aromatic heterocycles. The van der Waals surface area contributed by atoms with Gasteiger partial charge in [0.2, 0.25) is 0 Å². The maximum atomic E-state index is 12.7. The molecule has 0 saturated heterocycles. The predicted molar refractivity (Wildman–Crippen MR) is 101 cm³/mol. The standard InChI is InChI=1S/C19H19N3O3S/c1-4-25-19(24)16-12(2)13(3)26-18(16)21-17(23)14-7-5-8-15(11-14)22-10-6-9-20-22/h5-11H,4H2,1-3H3,(H,21,23). The van der Waals surface area contributed by atoms with Gasteiger partial charge in [-0.15, -0.1) is 11.3 Å². The topological polar surface area (TPSA) is 73.2 Å². The highest BCUT2D eigenvalue weighted by molar-refractivity contribution is 7.16. The van der Waals surface area contributed by atoms with Crippen molar-refractivity contribution in [3.8, 4) is 5.69 Å². The molecule has 26 heavy (non-hydrogen) atoms. The summed E-state index contributed by atoms with van der Waals surface area (Å²) in [6, 6.07) is 8.95. The zero-order chi connectivity index (χ0) is 18.7. The van der Waals surface area contributed by atoms with E-state index in [9.17, 15) is 9.59 Å². The number of amides is 1. The van der Waals surface area contributed by atoms with E-state index in [1.807, 2.05) is 32.2 Å². The van der Waals surface area contributed by atoms with E-state index in [2.05, 4.69) is 10.4 Å². The van der Waals surface area contributed by atoms with Gasteiger partial charge in [0.05, 0.1) is 17.9 Å². The molecule has 0 atom stereocenters. The number of carbonyl (C=O) groups is 2. The molecular formula is C19H19N3O3S. The molecule has 0 aliphatic heterocycles. The fraction of sp³-hybridized carbons (Fsp3) is 0.211. The zero-order valence-electron chi connectivity index (χ0n) is 14.8. The lowest BCUT2D eigenvalue weighted by Gasteiger charge is -2.08. The van der Waals surface area contributed by atoms with E-state index < -0.39 is 5.97 Å². The smallest absolute Gasteiger partial charge is 0.341 e. The normalized spacial score (nSPS) is 10.6. The summed E-state index contributed by atoms with van der Waals surface area (Å²) in [7, 11) is 0. The molecule has 2 heterocycles. The Morgan fingerprint density at radius 2 is 2.08 bits per heavy atom. The Labute approximate surface area is 155 Å². The van der Waals surface area contributed by atoms with Crippen molar-refractivity contribution in [3.05, 3.63) is 64.3 Å². The van der Waals surface area contributed by atoms with Gasteiger partial charge in [-0.05, 0) is 50.6 Å². The number of hydrogen-bond acceptors (Lipinski definition) is 5. The summed E-state index contributed by atoms with van der Waals surface area (Å²) in [4.78, 5) is 25.9. The van der Waals surface area contributed by atoms with Crippen molar-refractivity contribution in [2.75, 3.05) is 11.9 Å². The van der Waals surface area contributed by atoms with Gasteiger partial charge in [-0.25, -0.2) is 9.48 Å². The number of esters is 1. The van der Waals surface area contributed by atoms with Gasteiger partial charge in [0.1, 0.15) is 5.00 Å². The van der Waals surface area contributed by atoms with E-state index in [0.717, 1.165) is 16.1 Å². The Hall–Kier alpha value is -2.93. The van der Waals surface area contributed by atoms with Gasteiger partial charge in [0.15, 0.2) is 0 Å². The summed E-state index contributed by atoms with van der Waals surface area (Å²) in [5.74, 6) is -0.708. The van der Waals surface area contributed by atoms with Gasteiger partial charge in [-0.2, -0.15) is 5.10 Å². The third-order valence-corrected chi connectivity index (χ3v) is 5.09. The van der Waals surface area contributed by atoms with E-state index in [1.165, 1.54) is 11.3 Å². The summed E-state index contributed by atoms with van der Waals surface area (Å²) in [6.07, 6.45) is 3.48. The largest absolute Gasteiger partial charge is 0.462 e. The maximum Gasteiger partial charge on any atom is 0.341 e. The predicted octanol–water partition coefficient (Wildman–Crippen LogP) is 3.98. The van der Waals surface area contributed by atoms with Crippen LogP contribution in [0, 0.1) is 13.8 Å². The first kappa shape index (κ1) is 17.9. The van der Waals surface area contributed by atoms with Gasteiger partial charge in [-0.1, -0.05) is 6.07 Å². The van der Waals surface area contributed by atoms with E-state index in [4.69, 9.17) is 4.74 Å². The van der Waals surface area contributed by atoms with Crippen LogP contribution >= 0.6 is 11.3 Å². The van der Waals surface area contributed by atoms with Crippen molar-refractivity contribution >= 4 is 28.2 Å². The van der Waals surface area contributed by atoms with Crippen LogP contribution in [-0.2, 0) is 4.74 Å². The lowest BCUT2D eigenvalue weighted by atomic mass is 10.1. The van der Waals surface area contributed by atoms with Gasteiger partial charge in [-0.3, -0.25) is 4.79 Å². The van der Waals surface area contributed by atoms with Crippen molar-refractivity contribution in [2.24, 2.45) is 0 Å². The second kappa shape index (κ2) is 7.53. The van der Waals surface area contributed by atoms with Crippen LogP contribution in [0.25, 0.3) is 5.69 Å². The van der Waals surface area contributed by atoms with Crippen LogP contribution in [0.2, 0.25) is 0 Å². The number of thiophene rings is 1. The molecule has 134 valence electrons. The summed E-state index contributed by atoms with van der Waals surface area (Å²) >= 11 is 1.37. The first-order chi connectivity index (χ1) is 12.5. The van der Waals surface area contributed by atoms with Crippen molar-refractivity contribution in [1.29, 1.82) is 0 Å². The van der Waals surface area contributed by atoms with E-state index in [-0.39, 0.29) is 12.5 Å². The maximum absolute atomic E-state index is 12.7. The van der Waals surface area contributed by atoms with Crippen molar-refractivity contribution < 1.29 is 14.3 Å². The molecule has 1 N–H and O–H groups in total. The molecule has 0 unspecified atom stereocenters. The van der Waals surface area contributed by atoms with Crippen LogP contribution in [0.1, 0.15) is 38.1 Å². The van der Waals surface area contributed by atoms with Crippen molar-refractivity contribution in [1.82, 2.24) is 9.78 Å². The molecule has 1 amide bonds. The molecular weight excluding hydrogens is 350 g/mol. The van der Waals surface area contributed by atoms with Crippen LogP contribution in [0.3, 0.4) is 0 Å². The quantitative estimate of drug-likeness (QED) is 0.691. The number of nitrogens with one attached hydrogen (secondary N) is 1. The number of benzene rings is 1. The minimum absolute atomic E-state index is 0.284. The van der Waals surface area contributed by atoms with Gasteiger partial charge < -0.3 is 10.1 Å². The van der Waals surface area contributed by atoms with Crippen LogP contribution < -0.4 is 5.32 Å². The molecule has 0 radical (unpaired) electrons. The van der Waals surface area contributed by atoms with Crippen LogP contribution in [0.4, 0.5) is 5.00 Å². The summed E-state index contributed by atoms with van der Waals surface area (Å²) in [5, 5.41) is 7.53.